The van der Waals surface area contributed by atoms with Crippen molar-refractivity contribution >= 4 is 5.91 Å². The van der Waals surface area contributed by atoms with Crippen LogP contribution in [-0.2, 0) is 4.79 Å². The van der Waals surface area contributed by atoms with Gasteiger partial charge in [-0.15, -0.1) is 0 Å². The summed E-state index contributed by atoms with van der Waals surface area (Å²) in [5, 5.41) is 8.82. The second kappa shape index (κ2) is 7.27. The fraction of sp³-hybridized carbons (Fsp3) is 0.846. The zero-order valence-corrected chi connectivity index (χ0v) is 11.2. The van der Waals surface area contributed by atoms with Crippen LogP contribution < -0.4 is 0 Å². The lowest BCUT2D eigenvalue weighted by Gasteiger charge is -2.32. The maximum Gasteiger partial charge on any atom is 0.239 e. The number of nitriles is 1. The lowest BCUT2D eigenvalue weighted by molar-refractivity contribution is -0.136. The Morgan fingerprint density at radius 1 is 1.25 bits per heavy atom. The summed E-state index contributed by atoms with van der Waals surface area (Å²) in [6.45, 7) is 10.8. The third kappa shape index (κ3) is 4.22. The summed E-state index contributed by atoms with van der Waals surface area (Å²) >= 11 is 0. The summed E-state index contributed by atoms with van der Waals surface area (Å²) in [5.74, 6) is -0.111. The molecule has 0 saturated heterocycles. The number of hydrogen-bond donors (Lipinski definition) is 0. The van der Waals surface area contributed by atoms with Gasteiger partial charge in [0.15, 0.2) is 0 Å². The first kappa shape index (κ1) is 15.0. The van der Waals surface area contributed by atoms with Gasteiger partial charge >= 0.3 is 0 Å². The van der Waals surface area contributed by atoms with Crippen molar-refractivity contribution in [2.24, 2.45) is 11.8 Å². The van der Waals surface area contributed by atoms with Crippen molar-refractivity contribution in [2.75, 3.05) is 6.54 Å². The van der Waals surface area contributed by atoms with Gasteiger partial charge in [0.25, 0.3) is 0 Å². The largest absolute Gasteiger partial charge is 0.338 e. The van der Waals surface area contributed by atoms with Gasteiger partial charge in [0.05, 0.1) is 6.07 Å². The van der Waals surface area contributed by atoms with E-state index in [0.29, 0.717) is 5.92 Å². The molecule has 0 radical (unpaired) electrons. The molecule has 0 spiro atoms. The average Bonchev–Trinajstić information content (AvgIpc) is 2.26. The van der Waals surface area contributed by atoms with E-state index < -0.39 is 5.92 Å². The topological polar surface area (TPSA) is 44.1 Å². The third-order valence-corrected chi connectivity index (χ3v) is 2.79. The summed E-state index contributed by atoms with van der Waals surface area (Å²) in [6.07, 6.45) is 1.90. The molecule has 0 aliphatic carbocycles. The maximum absolute atomic E-state index is 12.1. The minimum Gasteiger partial charge on any atom is -0.338 e. The monoisotopic (exact) mass is 224 g/mol. The molecule has 0 aliphatic rings. The molecule has 0 aliphatic heterocycles. The van der Waals surface area contributed by atoms with Crippen LogP contribution in [0.25, 0.3) is 0 Å². The van der Waals surface area contributed by atoms with Crippen LogP contribution >= 0.6 is 0 Å². The number of carbonyl (C=O) groups excluding carboxylic acids is 1. The highest BCUT2D eigenvalue weighted by Crippen LogP contribution is 2.14. The Hall–Kier alpha value is -1.04. The molecule has 0 aromatic rings. The van der Waals surface area contributed by atoms with Crippen molar-refractivity contribution in [2.45, 2.75) is 53.5 Å². The van der Waals surface area contributed by atoms with Gasteiger partial charge in [0, 0.05) is 12.6 Å². The summed E-state index contributed by atoms with van der Waals surface area (Å²) < 4.78 is 0. The Morgan fingerprint density at radius 2 is 1.75 bits per heavy atom. The minimum atomic E-state index is -0.528. The quantitative estimate of drug-likeness (QED) is 0.696. The number of amides is 1. The average molecular weight is 224 g/mol. The Balaban J connectivity index is 4.79. The number of rotatable bonds is 6. The summed E-state index contributed by atoms with van der Waals surface area (Å²) in [7, 11) is 0. The molecule has 1 atom stereocenters. The van der Waals surface area contributed by atoms with Crippen LogP contribution in [-0.4, -0.2) is 23.4 Å². The van der Waals surface area contributed by atoms with E-state index in [0.717, 1.165) is 19.4 Å². The van der Waals surface area contributed by atoms with Crippen LogP contribution in [0.5, 0.6) is 0 Å². The zero-order valence-electron chi connectivity index (χ0n) is 11.2. The van der Waals surface area contributed by atoms with E-state index in [-0.39, 0.29) is 11.9 Å². The molecule has 1 unspecified atom stereocenters. The van der Waals surface area contributed by atoms with Gasteiger partial charge in [0.2, 0.25) is 5.91 Å². The van der Waals surface area contributed by atoms with Crippen molar-refractivity contribution in [1.82, 2.24) is 4.90 Å². The van der Waals surface area contributed by atoms with Gasteiger partial charge in [-0.25, -0.2) is 0 Å². The highest BCUT2D eigenvalue weighted by atomic mass is 16.2. The van der Waals surface area contributed by atoms with E-state index in [9.17, 15) is 4.79 Å². The summed E-state index contributed by atoms with van der Waals surface area (Å²) in [4.78, 5) is 14.0. The van der Waals surface area contributed by atoms with E-state index in [1.54, 1.807) is 6.92 Å². The zero-order chi connectivity index (χ0) is 12.7. The lowest BCUT2D eigenvalue weighted by Crippen LogP contribution is -2.44. The van der Waals surface area contributed by atoms with Crippen LogP contribution in [0.15, 0.2) is 0 Å². The first-order valence-electron chi connectivity index (χ1n) is 6.17. The molecule has 0 fully saturated rings. The summed E-state index contributed by atoms with van der Waals surface area (Å²) in [6, 6.07) is 2.30. The molecule has 0 aromatic heterocycles. The van der Waals surface area contributed by atoms with E-state index >= 15 is 0 Å². The fourth-order valence-corrected chi connectivity index (χ4v) is 1.85. The van der Waals surface area contributed by atoms with Crippen LogP contribution in [0.1, 0.15) is 47.5 Å². The molecule has 92 valence electrons. The molecule has 0 N–H and O–H groups in total. The second-order valence-corrected chi connectivity index (χ2v) is 4.71. The molecule has 3 heteroatoms. The van der Waals surface area contributed by atoms with Crippen LogP contribution in [0.4, 0.5) is 0 Å². The van der Waals surface area contributed by atoms with Gasteiger partial charge in [-0.2, -0.15) is 5.26 Å². The number of hydrogen-bond acceptors (Lipinski definition) is 2. The molecule has 16 heavy (non-hydrogen) atoms. The molecule has 0 heterocycles. The smallest absolute Gasteiger partial charge is 0.239 e. The van der Waals surface area contributed by atoms with Gasteiger partial charge < -0.3 is 4.90 Å². The Kier molecular flexibility index (Phi) is 6.80. The Morgan fingerprint density at radius 3 is 2.06 bits per heavy atom. The van der Waals surface area contributed by atoms with Crippen molar-refractivity contribution in [3.8, 4) is 6.07 Å². The molecular formula is C13H24N2O. The fourth-order valence-electron chi connectivity index (χ4n) is 1.85. The van der Waals surface area contributed by atoms with Gasteiger partial charge in [-0.1, -0.05) is 27.7 Å². The van der Waals surface area contributed by atoms with Gasteiger partial charge in [-0.3, -0.25) is 4.79 Å². The standard InChI is InChI=1S/C13H24N2O/c1-6-12(7-2)15(9-10(3)4)13(16)11(5)8-14/h10-12H,6-7,9H2,1-5H3. The first-order valence-corrected chi connectivity index (χ1v) is 6.17. The van der Waals surface area contributed by atoms with Crippen LogP contribution in [0.2, 0.25) is 0 Å². The van der Waals surface area contributed by atoms with Gasteiger partial charge in [0.1, 0.15) is 5.92 Å². The minimum absolute atomic E-state index is 0.0232. The van der Waals surface area contributed by atoms with Crippen LogP contribution in [0.3, 0.4) is 0 Å². The normalized spacial score (nSPS) is 12.6. The number of carbonyl (C=O) groups is 1. The molecule has 0 saturated carbocycles. The SMILES string of the molecule is CCC(CC)N(CC(C)C)C(=O)C(C)C#N. The van der Waals surface area contributed by atoms with E-state index in [1.807, 2.05) is 11.0 Å². The molecule has 3 nitrogen and oxygen atoms in total. The Bertz CT molecular complexity index is 251. The molecule has 0 rings (SSSR count). The lowest BCUT2D eigenvalue weighted by atomic mass is 10.0. The van der Waals surface area contributed by atoms with Crippen molar-refractivity contribution < 1.29 is 4.79 Å². The van der Waals surface area contributed by atoms with E-state index in [4.69, 9.17) is 5.26 Å². The Labute approximate surface area is 99.4 Å². The van der Waals surface area contributed by atoms with Crippen LogP contribution in [0, 0.1) is 23.2 Å². The highest BCUT2D eigenvalue weighted by molar-refractivity contribution is 5.81. The van der Waals surface area contributed by atoms with Crippen molar-refractivity contribution in [1.29, 1.82) is 5.26 Å². The maximum atomic E-state index is 12.1. The van der Waals surface area contributed by atoms with Crippen molar-refractivity contribution in [3.63, 3.8) is 0 Å². The predicted octanol–water partition coefficient (Wildman–Crippen LogP) is 2.82. The van der Waals surface area contributed by atoms with E-state index in [2.05, 4.69) is 27.7 Å². The second-order valence-electron chi connectivity index (χ2n) is 4.71. The first-order chi connectivity index (χ1) is 7.47. The third-order valence-electron chi connectivity index (χ3n) is 2.79. The molecular weight excluding hydrogens is 200 g/mol. The summed E-state index contributed by atoms with van der Waals surface area (Å²) in [5.41, 5.74) is 0. The predicted molar refractivity (Wildman–Crippen MR) is 65.7 cm³/mol. The molecule has 0 aromatic carbocycles. The van der Waals surface area contributed by atoms with Gasteiger partial charge in [-0.05, 0) is 25.7 Å². The van der Waals surface area contributed by atoms with E-state index in [1.165, 1.54) is 0 Å². The highest BCUT2D eigenvalue weighted by Gasteiger charge is 2.25. The molecule has 0 bridgehead atoms. The number of nitrogens with zero attached hydrogens (tertiary/aromatic N) is 2. The van der Waals surface area contributed by atoms with Crippen molar-refractivity contribution in [3.05, 3.63) is 0 Å². The molecule has 1 amide bonds.